The number of Topliss-reactive ketones (excluding diaryl/α,β-unsaturated/α-hetero) is 1. The van der Waals surface area contributed by atoms with Crippen LogP contribution in [0.3, 0.4) is 0 Å². The van der Waals surface area contributed by atoms with Crippen molar-refractivity contribution in [1.29, 1.82) is 0 Å². The Labute approximate surface area is 151 Å². The van der Waals surface area contributed by atoms with Crippen LogP contribution in [0.2, 0.25) is 0 Å². The zero-order valence-corrected chi connectivity index (χ0v) is 14.3. The zero-order valence-electron chi connectivity index (χ0n) is 14.3. The fourth-order valence-corrected chi connectivity index (χ4v) is 3.11. The molecule has 0 radical (unpaired) electrons. The van der Waals surface area contributed by atoms with Gasteiger partial charge in [-0.25, -0.2) is 5.01 Å². The molecule has 1 aliphatic rings. The van der Waals surface area contributed by atoms with Crippen molar-refractivity contribution in [2.45, 2.75) is 19.1 Å². The molecule has 0 saturated heterocycles. The lowest BCUT2D eigenvalue weighted by atomic mass is 9.96. The fraction of sp³-hybridized carbons (Fsp3) is 0.143. The van der Waals surface area contributed by atoms with Gasteiger partial charge in [0.15, 0.2) is 5.76 Å². The summed E-state index contributed by atoms with van der Waals surface area (Å²) < 4.78 is 5.46. The van der Waals surface area contributed by atoms with Crippen molar-refractivity contribution in [2.24, 2.45) is 5.10 Å². The van der Waals surface area contributed by atoms with E-state index in [9.17, 15) is 9.90 Å². The SMILES string of the molecule is Cc1ccc(C(=O)C2(O)CC(c3ccccc3)=NN2c2ccccc2)o1. The number of furan rings is 1. The van der Waals surface area contributed by atoms with Crippen LogP contribution < -0.4 is 5.01 Å². The second-order valence-electron chi connectivity index (χ2n) is 6.29. The van der Waals surface area contributed by atoms with E-state index in [1.807, 2.05) is 60.7 Å². The first kappa shape index (κ1) is 16.3. The molecule has 0 saturated carbocycles. The Bertz CT molecular complexity index is 963. The molecule has 0 bridgehead atoms. The molecule has 2 heterocycles. The third-order valence-electron chi connectivity index (χ3n) is 4.42. The van der Waals surface area contributed by atoms with Gasteiger partial charge in [0.25, 0.3) is 5.78 Å². The molecule has 4 rings (SSSR count). The Balaban J connectivity index is 1.79. The van der Waals surface area contributed by atoms with Gasteiger partial charge in [0.1, 0.15) is 5.76 Å². The molecule has 3 aromatic rings. The highest BCUT2D eigenvalue weighted by Crippen LogP contribution is 2.35. The molecule has 0 fully saturated rings. The third-order valence-corrected chi connectivity index (χ3v) is 4.42. The Kier molecular flexibility index (Phi) is 3.93. The molecule has 130 valence electrons. The molecule has 5 heteroatoms. The van der Waals surface area contributed by atoms with Gasteiger partial charge in [-0.1, -0.05) is 48.5 Å². The van der Waals surface area contributed by atoms with Gasteiger partial charge in [-0.3, -0.25) is 4.79 Å². The van der Waals surface area contributed by atoms with Gasteiger partial charge < -0.3 is 9.52 Å². The van der Waals surface area contributed by atoms with Crippen LogP contribution in [0.15, 0.2) is 82.3 Å². The normalized spacial score (nSPS) is 19.5. The number of aliphatic hydroxyl groups is 1. The number of carbonyl (C=O) groups excluding carboxylic acids is 1. The summed E-state index contributed by atoms with van der Waals surface area (Å²) >= 11 is 0. The number of nitrogens with zero attached hydrogens (tertiary/aromatic N) is 2. The average Bonchev–Trinajstić information content (AvgIpc) is 3.27. The van der Waals surface area contributed by atoms with Crippen LogP contribution in [0.25, 0.3) is 0 Å². The number of hydrazone groups is 1. The minimum absolute atomic E-state index is 0.0739. The highest BCUT2D eigenvalue weighted by molar-refractivity contribution is 6.12. The van der Waals surface area contributed by atoms with E-state index in [1.54, 1.807) is 19.1 Å². The van der Waals surface area contributed by atoms with Gasteiger partial charge in [-0.05, 0) is 36.8 Å². The Morgan fingerprint density at radius 1 is 1.04 bits per heavy atom. The van der Waals surface area contributed by atoms with Crippen LogP contribution in [-0.4, -0.2) is 22.3 Å². The second kappa shape index (κ2) is 6.28. The highest BCUT2D eigenvalue weighted by atomic mass is 16.4. The van der Waals surface area contributed by atoms with Crippen LogP contribution in [0.5, 0.6) is 0 Å². The van der Waals surface area contributed by atoms with E-state index in [1.165, 1.54) is 5.01 Å². The average molecular weight is 346 g/mol. The number of carbonyl (C=O) groups is 1. The van der Waals surface area contributed by atoms with Crippen molar-refractivity contribution < 1.29 is 14.3 Å². The molecule has 1 aromatic heterocycles. The molecule has 1 aliphatic heterocycles. The minimum Gasteiger partial charge on any atom is -0.458 e. The highest BCUT2D eigenvalue weighted by Gasteiger charge is 2.50. The smallest absolute Gasteiger partial charge is 0.252 e. The Morgan fingerprint density at radius 3 is 2.31 bits per heavy atom. The van der Waals surface area contributed by atoms with Crippen LogP contribution in [0.1, 0.15) is 28.3 Å². The lowest BCUT2D eigenvalue weighted by Crippen LogP contribution is -2.50. The molecule has 26 heavy (non-hydrogen) atoms. The maximum absolute atomic E-state index is 13.1. The number of hydrogen-bond acceptors (Lipinski definition) is 5. The summed E-state index contributed by atoms with van der Waals surface area (Å²) in [6, 6.07) is 22.0. The van der Waals surface area contributed by atoms with Crippen LogP contribution in [-0.2, 0) is 0 Å². The van der Waals surface area contributed by atoms with Gasteiger partial charge in [0.2, 0.25) is 5.72 Å². The first-order chi connectivity index (χ1) is 12.6. The monoisotopic (exact) mass is 346 g/mol. The number of benzene rings is 2. The molecule has 1 atom stereocenters. The van der Waals surface area contributed by atoms with Crippen molar-refractivity contribution in [3.8, 4) is 0 Å². The van der Waals surface area contributed by atoms with Crippen molar-refractivity contribution in [3.63, 3.8) is 0 Å². The van der Waals surface area contributed by atoms with E-state index in [4.69, 9.17) is 4.42 Å². The number of para-hydroxylation sites is 1. The molecular formula is C21H18N2O3. The minimum atomic E-state index is -1.84. The molecule has 0 amide bonds. The van der Waals surface area contributed by atoms with Gasteiger partial charge in [-0.2, -0.15) is 5.10 Å². The van der Waals surface area contributed by atoms with Gasteiger partial charge in [-0.15, -0.1) is 0 Å². The summed E-state index contributed by atoms with van der Waals surface area (Å²) in [6.45, 7) is 1.76. The van der Waals surface area contributed by atoms with Crippen LogP contribution >= 0.6 is 0 Å². The number of aryl methyl sites for hydroxylation is 1. The number of anilines is 1. The first-order valence-corrected chi connectivity index (χ1v) is 8.40. The largest absolute Gasteiger partial charge is 0.458 e. The molecule has 1 N–H and O–H groups in total. The number of ketones is 1. The van der Waals surface area contributed by atoms with Crippen LogP contribution in [0.4, 0.5) is 5.69 Å². The summed E-state index contributed by atoms with van der Waals surface area (Å²) in [6.07, 6.45) is 0.0739. The lowest BCUT2D eigenvalue weighted by molar-refractivity contribution is 0.0347. The lowest BCUT2D eigenvalue weighted by Gasteiger charge is -2.30. The molecule has 2 aromatic carbocycles. The molecule has 0 spiro atoms. The van der Waals surface area contributed by atoms with E-state index in [2.05, 4.69) is 5.10 Å². The molecule has 1 unspecified atom stereocenters. The van der Waals surface area contributed by atoms with E-state index >= 15 is 0 Å². The van der Waals surface area contributed by atoms with E-state index in [-0.39, 0.29) is 12.2 Å². The Hall–Kier alpha value is -3.18. The summed E-state index contributed by atoms with van der Waals surface area (Å²) in [5, 5.41) is 17.3. The van der Waals surface area contributed by atoms with E-state index < -0.39 is 11.5 Å². The summed E-state index contributed by atoms with van der Waals surface area (Å²) in [7, 11) is 0. The quantitative estimate of drug-likeness (QED) is 0.730. The number of hydrogen-bond donors (Lipinski definition) is 1. The maximum Gasteiger partial charge on any atom is 0.252 e. The van der Waals surface area contributed by atoms with Gasteiger partial charge in [0.05, 0.1) is 17.8 Å². The topological polar surface area (TPSA) is 66.0 Å². The molecule has 5 nitrogen and oxygen atoms in total. The molecule has 0 aliphatic carbocycles. The fourth-order valence-electron chi connectivity index (χ4n) is 3.11. The van der Waals surface area contributed by atoms with Gasteiger partial charge in [0, 0.05) is 0 Å². The predicted octanol–water partition coefficient (Wildman–Crippen LogP) is 3.77. The zero-order chi connectivity index (χ0) is 18.1. The summed E-state index contributed by atoms with van der Waals surface area (Å²) in [5.74, 6) is 0.227. The Morgan fingerprint density at radius 2 is 1.69 bits per heavy atom. The summed E-state index contributed by atoms with van der Waals surface area (Å²) in [4.78, 5) is 13.1. The number of rotatable bonds is 4. The molecular weight excluding hydrogens is 328 g/mol. The van der Waals surface area contributed by atoms with Crippen molar-refractivity contribution >= 4 is 17.2 Å². The third kappa shape index (κ3) is 2.72. The maximum atomic E-state index is 13.1. The van der Waals surface area contributed by atoms with E-state index in [0.29, 0.717) is 17.2 Å². The predicted molar refractivity (Wildman–Crippen MR) is 99.2 cm³/mol. The van der Waals surface area contributed by atoms with Crippen molar-refractivity contribution in [1.82, 2.24) is 0 Å². The summed E-state index contributed by atoms with van der Waals surface area (Å²) in [5.41, 5.74) is 0.315. The second-order valence-corrected chi connectivity index (χ2v) is 6.29. The first-order valence-electron chi connectivity index (χ1n) is 8.40. The van der Waals surface area contributed by atoms with Crippen molar-refractivity contribution in [3.05, 3.63) is 89.9 Å². The van der Waals surface area contributed by atoms with Crippen molar-refractivity contribution in [2.75, 3.05) is 5.01 Å². The standard InChI is InChI=1S/C21H18N2O3/c1-15-12-13-19(26-15)20(24)21(25)14-18(16-8-4-2-5-9-16)22-23(21)17-10-6-3-7-11-17/h2-13,25H,14H2,1H3. The van der Waals surface area contributed by atoms with Crippen LogP contribution in [0, 0.1) is 6.92 Å². The van der Waals surface area contributed by atoms with Gasteiger partial charge >= 0.3 is 0 Å². The van der Waals surface area contributed by atoms with E-state index in [0.717, 1.165) is 5.56 Å².